The summed E-state index contributed by atoms with van der Waals surface area (Å²) in [6.07, 6.45) is 6.72. The van der Waals surface area contributed by atoms with Crippen molar-refractivity contribution in [2.24, 2.45) is 0 Å². The van der Waals surface area contributed by atoms with E-state index in [0.29, 0.717) is 17.0 Å². The molecule has 0 aliphatic heterocycles. The Morgan fingerprint density at radius 3 is 2.42 bits per heavy atom. The fourth-order valence-corrected chi connectivity index (χ4v) is 4.10. The van der Waals surface area contributed by atoms with Crippen molar-refractivity contribution in [2.75, 3.05) is 11.9 Å². The van der Waals surface area contributed by atoms with Gasteiger partial charge in [-0.1, -0.05) is 5.92 Å². The van der Waals surface area contributed by atoms with E-state index in [1.165, 1.54) is 18.2 Å². The van der Waals surface area contributed by atoms with Crippen LogP contribution in [-0.2, 0) is 4.79 Å². The maximum atomic E-state index is 12.3. The summed E-state index contributed by atoms with van der Waals surface area (Å²) in [6, 6.07) is 11.5. The Bertz CT molecular complexity index is 916. The number of nitriles is 1. The predicted octanol–water partition coefficient (Wildman–Crippen LogP) is 4.16. The van der Waals surface area contributed by atoms with Gasteiger partial charge < -0.3 is 15.2 Å². The second-order valence-electron chi connectivity index (χ2n) is 4.98. The highest BCUT2D eigenvalue weighted by Crippen LogP contribution is 2.30. The molecule has 0 saturated carbocycles. The van der Waals surface area contributed by atoms with Gasteiger partial charge in [-0.25, -0.2) is 0 Å². The minimum Gasteiger partial charge on any atom is -0.508 e. The van der Waals surface area contributed by atoms with Crippen LogP contribution in [0.1, 0.15) is 5.56 Å². The number of phenolic OH excluding ortho intramolecular Hbond substituents is 1. The van der Waals surface area contributed by atoms with E-state index < -0.39 is 5.91 Å². The number of aromatic hydroxyl groups is 1. The lowest BCUT2D eigenvalue weighted by Crippen LogP contribution is -2.13. The molecule has 0 saturated heterocycles. The van der Waals surface area contributed by atoms with Crippen molar-refractivity contribution in [3.63, 3.8) is 0 Å². The van der Waals surface area contributed by atoms with Gasteiger partial charge in [0.1, 0.15) is 29.7 Å². The molecule has 2 N–H and O–H groups in total. The minimum atomic E-state index is -0.532. The number of ether oxygens (including phenoxy) is 1. The van der Waals surface area contributed by atoms with Crippen molar-refractivity contribution in [1.82, 2.24) is 0 Å². The molecule has 0 aromatic heterocycles. The smallest absolute Gasteiger partial charge is 0.266 e. The minimum absolute atomic E-state index is 0.0398. The maximum absolute atomic E-state index is 12.3. The van der Waals surface area contributed by atoms with Crippen LogP contribution in [0.25, 0.3) is 6.08 Å². The average Bonchev–Trinajstić information content (AvgIpc) is 2.61. The quantitative estimate of drug-likeness (QED) is 0.186. The summed E-state index contributed by atoms with van der Waals surface area (Å²) in [4.78, 5) is 12.3. The molecule has 0 bridgehead atoms. The number of carbonyl (C=O) groups excluding carboxylic acids is 1. The zero-order chi connectivity index (χ0) is 19.1. The molecule has 0 fully saturated rings. The third-order valence-corrected chi connectivity index (χ3v) is 4.72. The van der Waals surface area contributed by atoms with E-state index >= 15 is 0 Å². The molecule has 0 spiro atoms. The standard InChI is InChI=1S/C19H12I2N2O3/c1-2-7-26-18-16(20)9-12(10-17(18)21)8-13(11-22)19(25)23-14-3-5-15(24)6-4-14/h1,3-6,8-10,24H,7H2,(H,23,25)/b13-8+. The largest absolute Gasteiger partial charge is 0.508 e. The number of phenols is 1. The lowest BCUT2D eigenvalue weighted by molar-refractivity contribution is -0.112. The van der Waals surface area contributed by atoms with E-state index in [1.807, 2.05) is 6.07 Å². The summed E-state index contributed by atoms with van der Waals surface area (Å²) >= 11 is 4.23. The van der Waals surface area contributed by atoms with E-state index in [4.69, 9.17) is 11.2 Å². The Hall–Kier alpha value is -2.24. The molecule has 2 aromatic rings. The highest BCUT2D eigenvalue weighted by molar-refractivity contribution is 14.1. The Kier molecular flexibility index (Phi) is 7.30. The first-order valence-electron chi connectivity index (χ1n) is 7.22. The molecule has 2 rings (SSSR count). The summed E-state index contributed by atoms with van der Waals surface area (Å²) in [6.45, 7) is 0.166. The van der Waals surface area contributed by atoms with Crippen molar-refractivity contribution in [2.45, 2.75) is 0 Å². The number of halogens is 2. The molecule has 7 heteroatoms. The van der Waals surface area contributed by atoms with Crippen LogP contribution in [-0.4, -0.2) is 17.6 Å². The molecule has 0 aliphatic carbocycles. The number of hydrogen-bond acceptors (Lipinski definition) is 4. The second kappa shape index (κ2) is 9.46. The first-order valence-corrected chi connectivity index (χ1v) is 9.38. The normalized spacial score (nSPS) is 10.5. The van der Waals surface area contributed by atoms with E-state index in [0.717, 1.165) is 7.14 Å². The van der Waals surface area contributed by atoms with Crippen LogP contribution < -0.4 is 10.1 Å². The Morgan fingerprint density at radius 2 is 1.88 bits per heavy atom. The van der Waals surface area contributed by atoms with E-state index in [-0.39, 0.29) is 17.9 Å². The molecule has 0 unspecified atom stereocenters. The number of terminal acetylenes is 1. The van der Waals surface area contributed by atoms with E-state index in [2.05, 4.69) is 56.4 Å². The van der Waals surface area contributed by atoms with Crippen LogP contribution in [0.15, 0.2) is 42.0 Å². The highest BCUT2D eigenvalue weighted by atomic mass is 127. The van der Waals surface area contributed by atoms with Gasteiger partial charge in [0, 0.05) is 5.69 Å². The van der Waals surface area contributed by atoms with Gasteiger partial charge in [0.2, 0.25) is 0 Å². The summed E-state index contributed by atoms with van der Waals surface area (Å²) in [5.74, 6) is 2.65. The summed E-state index contributed by atoms with van der Waals surface area (Å²) in [5, 5.41) is 21.2. The van der Waals surface area contributed by atoms with Gasteiger partial charge in [-0.2, -0.15) is 5.26 Å². The first kappa shape index (κ1) is 20.1. The van der Waals surface area contributed by atoms with E-state index in [1.54, 1.807) is 24.3 Å². The zero-order valence-electron chi connectivity index (χ0n) is 13.3. The van der Waals surface area contributed by atoms with Crippen LogP contribution in [0.4, 0.5) is 5.69 Å². The average molecular weight is 570 g/mol. The number of nitrogens with one attached hydrogen (secondary N) is 1. The molecule has 0 atom stereocenters. The SMILES string of the molecule is C#CCOc1c(I)cc(/C=C(\C#N)C(=O)Nc2ccc(O)cc2)cc1I. The Labute approximate surface area is 178 Å². The lowest BCUT2D eigenvalue weighted by atomic mass is 10.1. The van der Waals surface area contributed by atoms with Crippen LogP contribution in [0.2, 0.25) is 0 Å². The molecule has 2 aromatic carbocycles. The third kappa shape index (κ3) is 5.38. The number of carbonyl (C=O) groups is 1. The molecule has 130 valence electrons. The topological polar surface area (TPSA) is 82.3 Å². The Balaban J connectivity index is 2.25. The number of amides is 1. The van der Waals surface area contributed by atoms with Gasteiger partial charge in [-0.3, -0.25) is 4.79 Å². The van der Waals surface area contributed by atoms with Crippen LogP contribution >= 0.6 is 45.2 Å². The van der Waals surface area contributed by atoms with Crippen LogP contribution in [0.3, 0.4) is 0 Å². The van der Waals surface area contributed by atoms with Crippen LogP contribution in [0.5, 0.6) is 11.5 Å². The number of anilines is 1. The molecule has 0 aliphatic rings. The molecule has 26 heavy (non-hydrogen) atoms. The number of nitrogens with zero attached hydrogens (tertiary/aromatic N) is 1. The van der Waals surface area contributed by atoms with Crippen molar-refractivity contribution in [3.8, 4) is 29.9 Å². The summed E-state index contributed by atoms with van der Waals surface area (Å²) < 4.78 is 7.15. The Morgan fingerprint density at radius 1 is 1.27 bits per heavy atom. The number of rotatable bonds is 5. The third-order valence-electron chi connectivity index (χ3n) is 3.12. The molecular formula is C19H12I2N2O3. The molecular weight excluding hydrogens is 558 g/mol. The van der Waals surface area contributed by atoms with Gasteiger partial charge in [0.25, 0.3) is 5.91 Å². The monoisotopic (exact) mass is 570 g/mol. The second-order valence-corrected chi connectivity index (χ2v) is 7.30. The van der Waals surface area contributed by atoms with Gasteiger partial charge in [-0.05, 0) is 93.2 Å². The molecule has 1 amide bonds. The van der Waals surface area contributed by atoms with Gasteiger partial charge in [0.15, 0.2) is 0 Å². The van der Waals surface area contributed by atoms with Gasteiger partial charge >= 0.3 is 0 Å². The number of benzene rings is 2. The fourth-order valence-electron chi connectivity index (χ4n) is 1.97. The van der Waals surface area contributed by atoms with E-state index in [9.17, 15) is 15.2 Å². The maximum Gasteiger partial charge on any atom is 0.266 e. The predicted molar refractivity (Wildman–Crippen MR) is 117 cm³/mol. The molecule has 5 nitrogen and oxygen atoms in total. The van der Waals surface area contributed by atoms with Crippen molar-refractivity contribution >= 4 is 62.9 Å². The van der Waals surface area contributed by atoms with Crippen LogP contribution in [0, 0.1) is 30.8 Å². The van der Waals surface area contributed by atoms with Gasteiger partial charge in [0.05, 0.1) is 7.14 Å². The summed E-state index contributed by atoms with van der Waals surface area (Å²) in [7, 11) is 0. The van der Waals surface area contributed by atoms with Crippen molar-refractivity contribution < 1.29 is 14.6 Å². The van der Waals surface area contributed by atoms with Gasteiger partial charge in [-0.15, -0.1) is 6.42 Å². The highest BCUT2D eigenvalue weighted by Gasteiger charge is 2.12. The number of hydrogen-bond donors (Lipinski definition) is 2. The molecule has 0 radical (unpaired) electrons. The fraction of sp³-hybridized carbons (Fsp3) is 0.0526. The zero-order valence-corrected chi connectivity index (χ0v) is 17.6. The first-order chi connectivity index (χ1) is 12.4. The summed E-state index contributed by atoms with van der Waals surface area (Å²) in [5.41, 5.74) is 1.14. The van der Waals surface area contributed by atoms with Crippen molar-refractivity contribution in [1.29, 1.82) is 5.26 Å². The lowest BCUT2D eigenvalue weighted by Gasteiger charge is -2.09. The molecule has 0 heterocycles. The van der Waals surface area contributed by atoms with Crippen molar-refractivity contribution in [3.05, 3.63) is 54.7 Å².